The predicted molar refractivity (Wildman–Crippen MR) is 106 cm³/mol. The van der Waals surface area contributed by atoms with Crippen molar-refractivity contribution in [1.29, 1.82) is 0 Å². The Morgan fingerprint density at radius 3 is 2.52 bits per heavy atom. The van der Waals surface area contributed by atoms with Crippen LogP contribution >= 0.6 is 0 Å². The van der Waals surface area contributed by atoms with Crippen molar-refractivity contribution in [3.8, 4) is 11.5 Å². The number of rotatable bonds is 5. The number of hydrogen-bond acceptors (Lipinski definition) is 4. The summed E-state index contributed by atoms with van der Waals surface area (Å²) in [5.41, 5.74) is -0.183. The number of nitrogens with zero attached hydrogens (tertiary/aromatic N) is 2. The van der Waals surface area contributed by atoms with Gasteiger partial charge >= 0.3 is 0 Å². The lowest BCUT2D eigenvalue weighted by Gasteiger charge is -2.30. The van der Waals surface area contributed by atoms with Gasteiger partial charge < -0.3 is 19.6 Å². The highest BCUT2D eigenvalue weighted by Crippen LogP contribution is 2.28. The van der Waals surface area contributed by atoms with Crippen molar-refractivity contribution < 1.29 is 14.6 Å². The summed E-state index contributed by atoms with van der Waals surface area (Å²) in [7, 11) is 3.92. The minimum absolute atomic E-state index is 0.0457. The highest BCUT2D eigenvalue weighted by molar-refractivity contribution is 5.97. The van der Waals surface area contributed by atoms with Gasteiger partial charge in [-0.2, -0.15) is 0 Å². The Labute approximate surface area is 161 Å². The van der Waals surface area contributed by atoms with Crippen molar-refractivity contribution in [1.82, 2.24) is 9.80 Å². The molecule has 2 aromatic rings. The lowest BCUT2D eigenvalue weighted by Crippen LogP contribution is -2.41. The Morgan fingerprint density at radius 1 is 1.07 bits per heavy atom. The van der Waals surface area contributed by atoms with Crippen LogP contribution in [-0.2, 0) is 0 Å². The fourth-order valence-corrected chi connectivity index (χ4v) is 3.65. The van der Waals surface area contributed by atoms with E-state index in [2.05, 4.69) is 0 Å². The van der Waals surface area contributed by atoms with E-state index in [0.717, 1.165) is 6.42 Å². The van der Waals surface area contributed by atoms with Crippen LogP contribution in [-0.4, -0.2) is 60.1 Å². The molecule has 1 fully saturated rings. The summed E-state index contributed by atoms with van der Waals surface area (Å²) in [6, 6.07) is 16.8. The van der Waals surface area contributed by atoms with Gasteiger partial charge in [0.1, 0.15) is 11.5 Å². The highest BCUT2D eigenvalue weighted by atomic mass is 16.5. The van der Waals surface area contributed by atoms with Crippen LogP contribution in [0, 0.1) is 0 Å². The Kier molecular flexibility index (Phi) is 6.14. The quantitative estimate of drug-likeness (QED) is 0.879. The average Bonchev–Trinajstić information content (AvgIpc) is 2.83. The van der Waals surface area contributed by atoms with Crippen LogP contribution in [0.5, 0.6) is 11.5 Å². The Morgan fingerprint density at radius 2 is 1.78 bits per heavy atom. The van der Waals surface area contributed by atoms with Gasteiger partial charge in [-0.15, -0.1) is 0 Å². The maximum atomic E-state index is 13.2. The number of ether oxygens (including phenoxy) is 1. The first-order chi connectivity index (χ1) is 13.0. The first-order valence-electron chi connectivity index (χ1n) is 9.45. The summed E-state index contributed by atoms with van der Waals surface area (Å²) in [5, 5.41) is 10.8. The second-order valence-electron chi connectivity index (χ2n) is 7.52. The molecule has 3 rings (SSSR count). The Hall–Kier alpha value is -2.37. The summed E-state index contributed by atoms with van der Waals surface area (Å²) in [5.74, 6) is 1.21. The van der Waals surface area contributed by atoms with Gasteiger partial charge in [-0.3, -0.25) is 4.79 Å². The van der Waals surface area contributed by atoms with Crippen molar-refractivity contribution in [3.63, 3.8) is 0 Å². The molecule has 5 nitrogen and oxygen atoms in total. The summed E-state index contributed by atoms with van der Waals surface area (Å²) in [6.07, 6.45) is 2.08. The van der Waals surface area contributed by atoms with Gasteiger partial charge in [-0.05, 0) is 57.6 Å². The summed E-state index contributed by atoms with van der Waals surface area (Å²) in [6.45, 7) is 1.81. The summed E-state index contributed by atoms with van der Waals surface area (Å²) < 4.78 is 5.94. The summed E-state index contributed by atoms with van der Waals surface area (Å²) >= 11 is 0. The van der Waals surface area contributed by atoms with Gasteiger partial charge in [0.05, 0.1) is 11.2 Å². The van der Waals surface area contributed by atoms with E-state index in [0.29, 0.717) is 49.5 Å². The van der Waals surface area contributed by atoms with Gasteiger partial charge in [-0.1, -0.05) is 30.3 Å². The van der Waals surface area contributed by atoms with Crippen LogP contribution in [0.4, 0.5) is 0 Å². The van der Waals surface area contributed by atoms with E-state index in [-0.39, 0.29) is 5.91 Å². The van der Waals surface area contributed by atoms with Crippen molar-refractivity contribution in [3.05, 3.63) is 60.2 Å². The lowest BCUT2D eigenvalue weighted by molar-refractivity contribution is 0.00305. The van der Waals surface area contributed by atoms with E-state index in [1.807, 2.05) is 72.4 Å². The summed E-state index contributed by atoms with van der Waals surface area (Å²) in [4.78, 5) is 17.0. The molecule has 144 valence electrons. The molecule has 0 aromatic heterocycles. The van der Waals surface area contributed by atoms with Gasteiger partial charge in [0.15, 0.2) is 0 Å². The molecule has 0 aliphatic carbocycles. The molecule has 0 bridgehead atoms. The zero-order valence-electron chi connectivity index (χ0n) is 16.1. The van der Waals surface area contributed by atoms with E-state index in [1.54, 1.807) is 6.07 Å². The molecule has 1 N–H and O–H groups in total. The molecule has 5 heteroatoms. The molecule has 1 saturated heterocycles. The second kappa shape index (κ2) is 8.55. The van der Waals surface area contributed by atoms with Crippen molar-refractivity contribution in [2.75, 3.05) is 33.7 Å². The minimum atomic E-state index is -0.738. The number of likely N-dealkylation sites (N-methyl/N-ethyl adjacent to an activating group) is 1. The Balaban J connectivity index is 1.74. The van der Waals surface area contributed by atoms with E-state index >= 15 is 0 Å². The molecule has 0 saturated carbocycles. The van der Waals surface area contributed by atoms with E-state index in [4.69, 9.17) is 4.74 Å². The van der Waals surface area contributed by atoms with E-state index in [1.165, 1.54) is 0 Å². The third kappa shape index (κ3) is 5.08. The molecule has 27 heavy (non-hydrogen) atoms. The molecular weight excluding hydrogens is 340 g/mol. The average molecular weight is 368 g/mol. The number of benzene rings is 2. The zero-order valence-corrected chi connectivity index (χ0v) is 16.1. The van der Waals surface area contributed by atoms with E-state index < -0.39 is 5.60 Å². The molecule has 0 spiro atoms. The highest BCUT2D eigenvalue weighted by Gasteiger charge is 2.32. The van der Waals surface area contributed by atoms with Crippen LogP contribution in [0.1, 0.15) is 29.6 Å². The van der Waals surface area contributed by atoms with Crippen molar-refractivity contribution in [2.24, 2.45) is 0 Å². The van der Waals surface area contributed by atoms with Crippen LogP contribution < -0.4 is 4.74 Å². The van der Waals surface area contributed by atoms with E-state index in [9.17, 15) is 9.90 Å². The molecule has 1 amide bonds. The van der Waals surface area contributed by atoms with Crippen LogP contribution in [0.25, 0.3) is 0 Å². The molecule has 1 atom stereocenters. The number of carbonyl (C=O) groups excluding carboxylic acids is 1. The SMILES string of the molecule is CN(C)C[C@@]1(O)CCCN(C(=O)c2ccccc2Oc2ccccc2)CC1. The molecule has 2 aromatic carbocycles. The molecule has 0 unspecified atom stereocenters. The monoisotopic (exact) mass is 368 g/mol. The number of likely N-dealkylation sites (tertiary alicyclic amines) is 1. The lowest BCUT2D eigenvalue weighted by atomic mass is 9.94. The zero-order chi connectivity index (χ0) is 19.3. The Bertz CT molecular complexity index is 763. The maximum absolute atomic E-state index is 13.2. The minimum Gasteiger partial charge on any atom is -0.457 e. The maximum Gasteiger partial charge on any atom is 0.257 e. The third-order valence-corrected chi connectivity index (χ3v) is 4.90. The smallest absolute Gasteiger partial charge is 0.257 e. The number of aliphatic hydroxyl groups is 1. The second-order valence-corrected chi connectivity index (χ2v) is 7.52. The van der Waals surface area contributed by atoms with Gasteiger partial charge in [0, 0.05) is 19.6 Å². The predicted octanol–water partition coefficient (Wildman–Crippen LogP) is 3.40. The molecule has 1 aliphatic rings. The fraction of sp³-hybridized carbons (Fsp3) is 0.409. The first kappa shape index (κ1) is 19.4. The molecular formula is C22H28N2O3. The number of carbonyl (C=O) groups is 1. The van der Waals surface area contributed by atoms with Crippen molar-refractivity contribution >= 4 is 5.91 Å². The van der Waals surface area contributed by atoms with Crippen LogP contribution in [0.2, 0.25) is 0 Å². The largest absolute Gasteiger partial charge is 0.457 e. The van der Waals surface area contributed by atoms with Gasteiger partial charge in [0.2, 0.25) is 0 Å². The molecule has 1 aliphatic heterocycles. The molecule has 1 heterocycles. The normalized spacial score (nSPS) is 20.4. The van der Waals surface area contributed by atoms with Gasteiger partial charge in [-0.25, -0.2) is 0 Å². The first-order valence-corrected chi connectivity index (χ1v) is 9.45. The standard InChI is InChI=1S/C22H28N2O3/c1-23(2)17-22(26)13-8-15-24(16-14-22)21(25)19-11-6-7-12-20(19)27-18-9-4-3-5-10-18/h3-7,9-12,26H,8,13-17H2,1-2H3/t22-/m1/s1. The molecule has 0 radical (unpaired) electrons. The van der Waals surface area contributed by atoms with Crippen molar-refractivity contribution in [2.45, 2.75) is 24.9 Å². The topological polar surface area (TPSA) is 53.0 Å². The van der Waals surface area contributed by atoms with Crippen LogP contribution in [0.3, 0.4) is 0 Å². The number of amides is 1. The third-order valence-electron chi connectivity index (χ3n) is 4.90. The van der Waals surface area contributed by atoms with Gasteiger partial charge in [0.25, 0.3) is 5.91 Å². The fourth-order valence-electron chi connectivity index (χ4n) is 3.65. The number of para-hydroxylation sites is 2. The number of hydrogen-bond donors (Lipinski definition) is 1. The van der Waals surface area contributed by atoms with Crippen LogP contribution in [0.15, 0.2) is 54.6 Å².